The van der Waals surface area contributed by atoms with Crippen molar-refractivity contribution in [2.24, 2.45) is 0 Å². The molecular formula is C24H28N2O4S2. The molecule has 0 bridgehead atoms. The topological polar surface area (TPSA) is 92.3 Å². The number of nitrogens with one attached hydrogen (secondary N) is 2. The summed E-state index contributed by atoms with van der Waals surface area (Å²) in [6, 6.07) is 12.6. The highest BCUT2D eigenvalue weighted by Crippen LogP contribution is 2.31. The van der Waals surface area contributed by atoms with Crippen LogP contribution in [0, 0.1) is 41.5 Å². The second-order valence-corrected chi connectivity index (χ2v) is 11.4. The Morgan fingerprint density at radius 1 is 0.500 bits per heavy atom. The maximum absolute atomic E-state index is 13.2. The predicted molar refractivity (Wildman–Crippen MR) is 129 cm³/mol. The maximum atomic E-state index is 13.2. The van der Waals surface area contributed by atoms with Crippen LogP contribution in [0.5, 0.6) is 0 Å². The van der Waals surface area contributed by atoms with Gasteiger partial charge in [0.05, 0.1) is 9.79 Å². The third-order valence-corrected chi connectivity index (χ3v) is 8.97. The number of rotatable bonds is 6. The standard InChI is InChI=1S/C24H28N2O4S2/c1-15-7-13-23(14-8-15)31(27,28)25-21-9-11-22(12-10-21)26-32(29,30)24-19(5)17(3)16(2)18(4)20(24)6/h7-14,25-26H,1-6H3. The molecule has 0 saturated carbocycles. The van der Waals surface area contributed by atoms with Gasteiger partial charge in [0.1, 0.15) is 0 Å². The summed E-state index contributed by atoms with van der Waals surface area (Å²) in [5.74, 6) is 0. The molecule has 0 unspecified atom stereocenters. The smallest absolute Gasteiger partial charge is 0.262 e. The van der Waals surface area contributed by atoms with E-state index in [9.17, 15) is 16.8 Å². The Kier molecular flexibility index (Phi) is 6.40. The van der Waals surface area contributed by atoms with Crippen LogP contribution in [-0.2, 0) is 20.0 Å². The molecule has 6 nitrogen and oxygen atoms in total. The molecule has 0 saturated heterocycles. The van der Waals surface area contributed by atoms with Crippen LogP contribution in [0.25, 0.3) is 0 Å². The van der Waals surface area contributed by atoms with Crippen LogP contribution in [0.4, 0.5) is 11.4 Å². The molecule has 0 atom stereocenters. The first-order valence-electron chi connectivity index (χ1n) is 10.1. The van der Waals surface area contributed by atoms with Crippen LogP contribution >= 0.6 is 0 Å². The summed E-state index contributed by atoms with van der Waals surface area (Å²) in [4.78, 5) is 0.436. The number of sulfonamides is 2. The second-order valence-electron chi connectivity index (χ2n) is 8.06. The molecular weight excluding hydrogens is 444 g/mol. The summed E-state index contributed by atoms with van der Waals surface area (Å²) in [6.45, 7) is 11.3. The molecule has 0 aliphatic heterocycles. The molecule has 3 aromatic rings. The van der Waals surface area contributed by atoms with Crippen molar-refractivity contribution in [1.29, 1.82) is 0 Å². The number of benzene rings is 3. The molecule has 0 fully saturated rings. The average molecular weight is 473 g/mol. The van der Waals surface area contributed by atoms with Gasteiger partial charge in [0.2, 0.25) is 0 Å². The highest BCUT2D eigenvalue weighted by molar-refractivity contribution is 7.93. The van der Waals surface area contributed by atoms with Crippen molar-refractivity contribution in [2.75, 3.05) is 9.44 Å². The summed E-state index contributed by atoms with van der Waals surface area (Å²) in [5, 5.41) is 0. The predicted octanol–water partition coefficient (Wildman–Crippen LogP) is 5.14. The first kappa shape index (κ1) is 23.8. The molecule has 0 radical (unpaired) electrons. The fourth-order valence-electron chi connectivity index (χ4n) is 3.61. The lowest BCUT2D eigenvalue weighted by atomic mass is 9.95. The van der Waals surface area contributed by atoms with Crippen molar-refractivity contribution in [3.05, 3.63) is 81.9 Å². The summed E-state index contributed by atoms with van der Waals surface area (Å²) in [7, 11) is -7.55. The van der Waals surface area contributed by atoms with Crippen molar-refractivity contribution in [3.8, 4) is 0 Å². The SMILES string of the molecule is Cc1ccc(S(=O)(=O)Nc2ccc(NS(=O)(=O)c3c(C)c(C)c(C)c(C)c3C)cc2)cc1. The average Bonchev–Trinajstić information content (AvgIpc) is 2.72. The van der Waals surface area contributed by atoms with E-state index >= 15 is 0 Å². The summed E-state index contributed by atoms with van der Waals surface area (Å²) in [5.41, 5.74) is 6.08. The molecule has 0 aromatic heterocycles. The van der Waals surface area contributed by atoms with Crippen LogP contribution in [0.3, 0.4) is 0 Å². The molecule has 0 heterocycles. The van der Waals surface area contributed by atoms with Gasteiger partial charge in [-0.15, -0.1) is 0 Å². The highest BCUT2D eigenvalue weighted by atomic mass is 32.2. The lowest BCUT2D eigenvalue weighted by Gasteiger charge is -2.19. The normalized spacial score (nSPS) is 11.9. The molecule has 2 N–H and O–H groups in total. The van der Waals surface area contributed by atoms with Crippen molar-refractivity contribution in [3.63, 3.8) is 0 Å². The number of hydrogen-bond acceptors (Lipinski definition) is 4. The Labute approximate surface area is 190 Å². The van der Waals surface area contributed by atoms with E-state index in [1.807, 2.05) is 41.5 Å². The minimum atomic E-state index is -3.82. The Morgan fingerprint density at radius 2 is 0.875 bits per heavy atom. The van der Waals surface area contributed by atoms with Crippen LogP contribution < -0.4 is 9.44 Å². The minimum absolute atomic E-state index is 0.156. The van der Waals surface area contributed by atoms with Crippen molar-refractivity contribution < 1.29 is 16.8 Å². The van der Waals surface area contributed by atoms with Crippen LogP contribution in [0.15, 0.2) is 58.3 Å². The van der Waals surface area contributed by atoms with E-state index in [1.54, 1.807) is 12.1 Å². The van der Waals surface area contributed by atoms with Gasteiger partial charge in [-0.2, -0.15) is 0 Å². The lowest BCUT2D eigenvalue weighted by molar-refractivity contribution is 0.598. The Balaban J connectivity index is 1.85. The summed E-state index contributed by atoms with van der Waals surface area (Å²) < 4.78 is 56.6. The zero-order chi connectivity index (χ0) is 23.8. The monoisotopic (exact) mass is 472 g/mol. The quantitative estimate of drug-likeness (QED) is 0.520. The lowest BCUT2D eigenvalue weighted by Crippen LogP contribution is -2.18. The fraction of sp³-hybridized carbons (Fsp3) is 0.250. The van der Waals surface area contributed by atoms with E-state index in [0.717, 1.165) is 33.4 Å². The molecule has 0 aliphatic rings. The molecule has 32 heavy (non-hydrogen) atoms. The van der Waals surface area contributed by atoms with Crippen molar-refractivity contribution >= 4 is 31.4 Å². The van der Waals surface area contributed by atoms with E-state index in [0.29, 0.717) is 11.4 Å². The van der Waals surface area contributed by atoms with Gasteiger partial charge in [0.15, 0.2) is 0 Å². The first-order valence-corrected chi connectivity index (χ1v) is 13.1. The molecule has 0 amide bonds. The van der Waals surface area contributed by atoms with Gasteiger partial charge in [-0.05, 0) is 106 Å². The van der Waals surface area contributed by atoms with Gasteiger partial charge in [0, 0.05) is 11.4 Å². The number of aryl methyl sites for hydroxylation is 1. The van der Waals surface area contributed by atoms with E-state index in [1.165, 1.54) is 36.4 Å². The van der Waals surface area contributed by atoms with Crippen LogP contribution in [0.2, 0.25) is 0 Å². The van der Waals surface area contributed by atoms with E-state index in [4.69, 9.17) is 0 Å². The Morgan fingerprint density at radius 3 is 1.31 bits per heavy atom. The zero-order valence-corrected chi connectivity index (χ0v) is 20.7. The van der Waals surface area contributed by atoms with Gasteiger partial charge in [-0.1, -0.05) is 17.7 Å². The molecule has 170 valence electrons. The van der Waals surface area contributed by atoms with Gasteiger partial charge >= 0.3 is 0 Å². The van der Waals surface area contributed by atoms with Gasteiger partial charge < -0.3 is 0 Å². The maximum Gasteiger partial charge on any atom is 0.262 e. The largest absolute Gasteiger partial charge is 0.280 e. The Hall–Kier alpha value is -2.84. The van der Waals surface area contributed by atoms with E-state index in [-0.39, 0.29) is 9.79 Å². The third-order valence-electron chi connectivity index (χ3n) is 5.92. The van der Waals surface area contributed by atoms with Crippen molar-refractivity contribution in [2.45, 2.75) is 51.3 Å². The van der Waals surface area contributed by atoms with Gasteiger partial charge in [-0.25, -0.2) is 16.8 Å². The van der Waals surface area contributed by atoms with Crippen LogP contribution in [0.1, 0.15) is 33.4 Å². The second kappa shape index (κ2) is 8.60. The van der Waals surface area contributed by atoms with E-state index < -0.39 is 20.0 Å². The fourth-order valence-corrected chi connectivity index (χ4v) is 6.33. The van der Waals surface area contributed by atoms with E-state index in [2.05, 4.69) is 9.44 Å². The van der Waals surface area contributed by atoms with Gasteiger partial charge in [0.25, 0.3) is 20.0 Å². The molecule has 0 aliphatic carbocycles. The third kappa shape index (κ3) is 4.66. The number of hydrogen-bond donors (Lipinski definition) is 2. The first-order chi connectivity index (χ1) is 14.8. The Bertz CT molecular complexity index is 1350. The summed E-state index contributed by atoms with van der Waals surface area (Å²) >= 11 is 0. The summed E-state index contributed by atoms with van der Waals surface area (Å²) in [6.07, 6.45) is 0. The van der Waals surface area contributed by atoms with Crippen LogP contribution in [-0.4, -0.2) is 16.8 Å². The molecule has 3 aromatic carbocycles. The van der Waals surface area contributed by atoms with Gasteiger partial charge in [-0.3, -0.25) is 9.44 Å². The minimum Gasteiger partial charge on any atom is -0.280 e. The number of anilines is 2. The molecule has 0 spiro atoms. The zero-order valence-electron chi connectivity index (χ0n) is 19.1. The highest BCUT2D eigenvalue weighted by Gasteiger charge is 2.24. The van der Waals surface area contributed by atoms with Crippen molar-refractivity contribution in [1.82, 2.24) is 0 Å². The molecule has 3 rings (SSSR count). The molecule has 8 heteroatoms.